The van der Waals surface area contributed by atoms with E-state index in [1.54, 1.807) is 167 Å². The topological polar surface area (TPSA) is 375 Å². The molecule has 9 heterocycles. The summed E-state index contributed by atoms with van der Waals surface area (Å²) in [6.07, 6.45) is 41.6. The van der Waals surface area contributed by atoms with Crippen LogP contribution in [-0.2, 0) is 47.9 Å². The predicted molar refractivity (Wildman–Crippen MR) is 466 cm³/mol. The number of amides is 7. The van der Waals surface area contributed by atoms with Gasteiger partial charge in [-0.2, -0.15) is 0 Å². The SMILES string of the molecule is CCNC(=O)C1=CN(CC(=O)N2CCCC2C(=O)OCC)C=CC1.CCNC(=O)C1=CN(CC(=O)c2ccc(Cl)cc2Cl)C=CC1.CCNC(=O)C1=CN(CC(=O)c2ccccc2)C=CC1.CNNC(=O)C1=CN(CC(=O)CC2CC2)C=CC1.CNNC(=O)C1=CN(CC(=O)c2ccco2)C=CC1.CNNC(=O)C1=CN(CC(=O)c2cccs2)C=CC1. The van der Waals surface area contributed by atoms with Gasteiger partial charge in [0, 0.05) is 178 Å². The van der Waals surface area contributed by atoms with Gasteiger partial charge in [-0.1, -0.05) is 96.1 Å². The number of nitrogens with zero attached hydrogens (tertiary/aromatic N) is 7. The minimum atomic E-state index is -0.488. The Morgan fingerprint density at radius 3 is 1.29 bits per heavy atom. The molecule has 650 valence electrons. The minimum absolute atomic E-state index is 0.0312. The summed E-state index contributed by atoms with van der Waals surface area (Å²) < 4.78 is 10.1. The first-order valence-electron chi connectivity index (χ1n) is 40.1. The van der Waals surface area contributed by atoms with Gasteiger partial charge in [-0.3, -0.25) is 73.8 Å². The van der Waals surface area contributed by atoms with E-state index in [9.17, 15) is 62.3 Å². The third-order valence-corrected chi connectivity index (χ3v) is 19.9. The molecule has 1 atom stereocenters. The number of furan rings is 1. The van der Waals surface area contributed by atoms with E-state index in [0.29, 0.717) is 157 Å². The molecule has 12 rings (SSSR count). The number of nitrogens with one attached hydrogen (secondary N) is 9. The standard InChI is InChI=1S/C17H25N3O4.C16H16Cl2N2O2.C16H18N2O2.C13H15N3O3.C13H15N3O2S.C13H19N3O2/c1-3-18-16(22)13-7-5-9-19(11-13)12-15(21)20-10-6-8-14(20)17(23)24-4-2;1-2-19-16(22)11-4-3-7-20(9-11)10-15(21)13-6-5-12(17)8-14(13)18;1-2-17-16(20)14-9-6-10-18(11-14)12-15(19)13-7-4-3-5-8-13;2*1-14-15-13(18)10-4-2-6-16(8-10)9-11(17)12-5-3-7-19-12;1-14-15-13(18)11-3-2-6-16(8-11)9-12(17)7-10-4-5-10/h5,9,11,14H,3-4,6-8,10,12H2,1-2H3,(H,18,22);3,5-9H,2,4,10H2,1H3,(H,19,22);3-8,10-11H,2,9,12H2,1H3,(H,17,20);2*2-3,5-8,14H,4,9H2,1H3,(H,15,18);2,6,8,10,14H,3-5,7,9H2,1H3,(H,15,18). The van der Waals surface area contributed by atoms with Crippen LogP contribution in [0.15, 0.2) is 233 Å². The maximum Gasteiger partial charge on any atom is 0.328 e. The number of likely N-dealkylation sites (N-methyl/N-ethyl adjacent to an activating group) is 3. The highest BCUT2D eigenvalue weighted by Gasteiger charge is 2.36. The van der Waals surface area contributed by atoms with Crippen molar-refractivity contribution in [2.24, 2.45) is 5.92 Å². The van der Waals surface area contributed by atoms with Crippen molar-refractivity contribution in [3.8, 4) is 0 Å². The van der Waals surface area contributed by atoms with Crippen LogP contribution in [-0.4, -0.2) is 210 Å². The van der Waals surface area contributed by atoms with Crippen molar-refractivity contribution in [1.29, 1.82) is 0 Å². The fourth-order valence-electron chi connectivity index (χ4n) is 12.5. The molecule has 9 N–H and O–H groups in total. The molecule has 0 bridgehead atoms. The third kappa shape index (κ3) is 33.0. The van der Waals surface area contributed by atoms with Crippen LogP contribution in [0.2, 0.25) is 10.0 Å². The van der Waals surface area contributed by atoms with Crippen LogP contribution < -0.4 is 48.5 Å². The average Bonchev–Trinajstić information content (AvgIpc) is 1.79. The van der Waals surface area contributed by atoms with Gasteiger partial charge in [0.05, 0.1) is 55.5 Å². The van der Waals surface area contributed by atoms with Gasteiger partial charge < -0.3 is 59.4 Å². The van der Waals surface area contributed by atoms with Crippen LogP contribution in [0.25, 0.3) is 0 Å². The number of hydrazine groups is 3. The summed E-state index contributed by atoms with van der Waals surface area (Å²) in [5.74, 6) is -0.350. The first-order chi connectivity index (χ1) is 58.9. The van der Waals surface area contributed by atoms with E-state index in [1.165, 1.54) is 30.4 Å². The van der Waals surface area contributed by atoms with Gasteiger partial charge in [0.15, 0.2) is 28.9 Å². The van der Waals surface area contributed by atoms with E-state index in [1.807, 2.05) is 105 Å². The van der Waals surface area contributed by atoms with Crippen molar-refractivity contribution in [2.75, 3.05) is 93.2 Å². The lowest BCUT2D eigenvalue weighted by Crippen LogP contribution is -2.45. The van der Waals surface area contributed by atoms with Crippen molar-refractivity contribution in [2.45, 2.75) is 104 Å². The number of rotatable bonds is 32. The monoisotopic (exact) mass is 1730 g/mol. The van der Waals surface area contributed by atoms with E-state index in [-0.39, 0.29) is 109 Å². The lowest BCUT2D eigenvalue weighted by atomic mass is 10.1. The molecule has 0 radical (unpaired) electrons. The van der Waals surface area contributed by atoms with E-state index in [0.717, 1.165) is 11.3 Å². The summed E-state index contributed by atoms with van der Waals surface area (Å²) in [5.41, 5.74) is 20.2. The Labute approximate surface area is 725 Å². The molecule has 4 aromatic rings. The van der Waals surface area contributed by atoms with Gasteiger partial charge in [-0.25, -0.2) is 21.1 Å². The molecule has 7 aliphatic heterocycles. The van der Waals surface area contributed by atoms with Gasteiger partial charge in [0.1, 0.15) is 12.6 Å². The summed E-state index contributed by atoms with van der Waals surface area (Å²) in [4.78, 5) is 168. The fraction of sp³-hybridized carbons (Fsp3) is 0.352. The van der Waals surface area contributed by atoms with Crippen molar-refractivity contribution < 1.29 is 71.5 Å². The fourth-order valence-corrected chi connectivity index (χ4v) is 13.7. The van der Waals surface area contributed by atoms with Crippen molar-refractivity contribution in [1.82, 2.24) is 82.8 Å². The summed E-state index contributed by atoms with van der Waals surface area (Å²) in [6, 6.07) is 20.4. The highest BCUT2D eigenvalue weighted by molar-refractivity contribution is 7.12. The second-order valence-electron chi connectivity index (χ2n) is 28.0. The molecule has 2 aromatic carbocycles. The summed E-state index contributed by atoms with van der Waals surface area (Å²) >= 11 is 13.3. The third-order valence-electron chi connectivity index (χ3n) is 18.5. The lowest BCUT2D eigenvalue weighted by Gasteiger charge is -2.27. The maximum absolute atomic E-state index is 12.5. The number of carbonyl (C=O) groups excluding carboxylic acids is 13. The molecule has 7 amide bonds. The number of ketones is 5. The van der Waals surface area contributed by atoms with Crippen LogP contribution >= 0.6 is 34.5 Å². The minimum Gasteiger partial charge on any atom is -0.464 e. The number of benzene rings is 2. The Bertz CT molecular complexity index is 4600. The maximum atomic E-state index is 12.5. The summed E-state index contributed by atoms with van der Waals surface area (Å²) in [7, 11) is 4.90. The van der Waals surface area contributed by atoms with Crippen molar-refractivity contribution in [3.05, 3.63) is 261 Å². The molecule has 1 saturated carbocycles. The van der Waals surface area contributed by atoms with Gasteiger partial charge in [0.25, 0.3) is 17.7 Å². The van der Waals surface area contributed by atoms with Crippen LogP contribution in [0.4, 0.5) is 0 Å². The van der Waals surface area contributed by atoms with E-state index < -0.39 is 6.04 Å². The zero-order chi connectivity index (χ0) is 88.3. The highest BCUT2D eigenvalue weighted by Crippen LogP contribution is 2.33. The summed E-state index contributed by atoms with van der Waals surface area (Å²) in [5, 5.41) is 11.0. The number of thiophene rings is 1. The second-order valence-corrected chi connectivity index (χ2v) is 29.8. The molecule has 1 aliphatic carbocycles. The molecule has 1 saturated heterocycles. The smallest absolute Gasteiger partial charge is 0.328 e. The molecule has 2 fully saturated rings. The second kappa shape index (κ2) is 52.0. The van der Waals surface area contributed by atoms with E-state index in [2.05, 4.69) is 48.5 Å². The van der Waals surface area contributed by atoms with E-state index in [4.69, 9.17) is 32.4 Å². The molecular weight excluding hydrogens is 1620 g/mol. The largest absolute Gasteiger partial charge is 0.464 e. The Hall–Kier alpha value is -12.3. The molecule has 2 aromatic heterocycles. The number of hydrogen-bond acceptors (Lipinski definition) is 25. The Kier molecular flexibility index (Phi) is 41.2. The van der Waals surface area contributed by atoms with Gasteiger partial charge in [0.2, 0.25) is 29.4 Å². The number of esters is 1. The zero-order valence-corrected chi connectivity index (χ0v) is 71.9. The van der Waals surface area contributed by atoms with E-state index >= 15 is 0 Å². The van der Waals surface area contributed by atoms with Crippen molar-refractivity contribution in [3.63, 3.8) is 0 Å². The first-order valence-corrected chi connectivity index (χ1v) is 41.7. The molecular formula is C88H108Cl2N16O15S. The quantitative estimate of drug-likeness (QED) is 0.0125. The Morgan fingerprint density at radius 2 is 0.885 bits per heavy atom. The molecule has 31 nitrogen and oxygen atoms in total. The van der Waals surface area contributed by atoms with Crippen LogP contribution in [0.3, 0.4) is 0 Å². The van der Waals surface area contributed by atoms with Crippen LogP contribution in [0.5, 0.6) is 0 Å². The molecule has 34 heteroatoms. The normalized spacial score (nSPS) is 15.8. The number of ether oxygens (including phenoxy) is 1. The molecule has 0 spiro atoms. The lowest BCUT2D eigenvalue weighted by molar-refractivity contribution is -0.153. The van der Waals surface area contributed by atoms with Gasteiger partial charge in [-0.05, 0) is 140 Å². The van der Waals surface area contributed by atoms with Gasteiger partial charge >= 0.3 is 5.97 Å². The number of carbonyl (C=O) groups is 13. The average molecular weight is 1730 g/mol. The molecule has 1 unspecified atom stereocenters. The van der Waals surface area contributed by atoms with Crippen molar-refractivity contribution >= 4 is 111 Å². The molecule has 8 aliphatic rings. The predicted octanol–water partition coefficient (Wildman–Crippen LogP) is 9.11. The number of allylic oxidation sites excluding steroid dienone is 6. The molecule has 122 heavy (non-hydrogen) atoms. The number of Topliss-reactive ketones (excluding diaryl/α,β-unsaturated/α-hetero) is 5. The Morgan fingerprint density at radius 1 is 0.459 bits per heavy atom. The van der Waals surface area contributed by atoms with Gasteiger partial charge in [-0.15, -0.1) is 11.3 Å². The highest BCUT2D eigenvalue weighted by atomic mass is 35.5. The van der Waals surface area contributed by atoms with Crippen LogP contribution in [0, 0.1) is 5.92 Å². The number of hydrogen-bond donors (Lipinski definition) is 9. The number of likely N-dealkylation sites (tertiary alicyclic amines) is 1. The van der Waals surface area contributed by atoms with Crippen LogP contribution in [0.1, 0.15) is 139 Å². The zero-order valence-electron chi connectivity index (χ0n) is 69.6. The Balaban J connectivity index is 0.000000202. The first kappa shape index (κ1) is 96.8. The summed E-state index contributed by atoms with van der Waals surface area (Å²) in [6.45, 7) is 11.2. The number of halogens is 2.